The molecule has 0 aromatic carbocycles. The average Bonchev–Trinajstić information content (AvgIpc) is 2.90. The maximum atomic E-state index is 10.7. The maximum Gasteiger partial charge on any atom is 0.0622 e. The number of rotatable bonds is 1. The third-order valence-electron chi connectivity index (χ3n) is 9.51. The van der Waals surface area contributed by atoms with Crippen molar-refractivity contribution in [3.63, 3.8) is 0 Å². The second-order valence-electron chi connectivity index (χ2n) is 10.2. The molecule has 4 rings (SSSR count). The predicted octanol–water partition coefficient (Wildman–Crippen LogP) is 6.12. The molecule has 1 N–H and O–H groups in total. The highest BCUT2D eigenvalue weighted by Gasteiger charge is 2.60. The third kappa shape index (κ3) is 2.22. The summed E-state index contributed by atoms with van der Waals surface area (Å²) in [4.78, 5) is 0. The zero-order valence-electron chi connectivity index (χ0n) is 16.4. The predicted molar refractivity (Wildman–Crippen MR) is 101 cm³/mol. The van der Waals surface area contributed by atoms with E-state index in [0.717, 1.165) is 36.5 Å². The minimum Gasteiger partial charge on any atom is -0.390 e. The summed E-state index contributed by atoms with van der Waals surface area (Å²) in [6.45, 7) is 9.40. The summed E-state index contributed by atoms with van der Waals surface area (Å²) in [5.74, 6) is 3.61. The zero-order valence-corrected chi connectivity index (χ0v) is 16.4. The van der Waals surface area contributed by atoms with Crippen LogP contribution in [-0.2, 0) is 0 Å². The molecule has 1 heteroatoms. The van der Waals surface area contributed by atoms with Gasteiger partial charge in [-0.1, -0.05) is 25.5 Å². The quantitative estimate of drug-likeness (QED) is 0.574. The van der Waals surface area contributed by atoms with Crippen molar-refractivity contribution < 1.29 is 5.11 Å². The minimum atomic E-state index is -0.398. The van der Waals surface area contributed by atoms with Gasteiger partial charge in [0.05, 0.1) is 5.60 Å². The van der Waals surface area contributed by atoms with E-state index in [9.17, 15) is 5.11 Å². The Morgan fingerprint density at radius 1 is 1.04 bits per heavy atom. The van der Waals surface area contributed by atoms with Crippen molar-refractivity contribution in [2.45, 2.75) is 97.5 Å². The molecule has 4 aliphatic rings. The summed E-state index contributed by atoms with van der Waals surface area (Å²) in [6.07, 6.45) is 15.6. The van der Waals surface area contributed by atoms with E-state index in [4.69, 9.17) is 0 Å². The highest BCUT2D eigenvalue weighted by molar-refractivity contribution is 5.23. The monoisotopic (exact) mass is 330 g/mol. The van der Waals surface area contributed by atoms with E-state index in [1.54, 1.807) is 5.57 Å². The van der Waals surface area contributed by atoms with Crippen LogP contribution in [-0.4, -0.2) is 10.7 Å². The van der Waals surface area contributed by atoms with Gasteiger partial charge in [-0.25, -0.2) is 0 Å². The third-order valence-corrected chi connectivity index (χ3v) is 9.51. The van der Waals surface area contributed by atoms with Crippen LogP contribution in [0.15, 0.2) is 11.6 Å². The van der Waals surface area contributed by atoms with Gasteiger partial charge in [0.2, 0.25) is 0 Å². The lowest BCUT2D eigenvalue weighted by Gasteiger charge is -2.62. The molecule has 4 fully saturated rings. The van der Waals surface area contributed by atoms with Gasteiger partial charge in [-0.05, 0) is 113 Å². The molecular formula is C23H38O. The van der Waals surface area contributed by atoms with Crippen molar-refractivity contribution in [3.05, 3.63) is 11.6 Å². The molecule has 24 heavy (non-hydrogen) atoms. The fourth-order valence-electron chi connectivity index (χ4n) is 8.27. The van der Waals surface area contributed by atoms with Crippen molar-refractivity contribution in [2.75, 3.05) is 0 Å². The van der Waals surface area contributed by atoms with Gasteiger partial charge in [0.15, 0.2) is 0 Å². The average molecular weight is 331 g/mol. The van der Waals surface area contributed by atoms with E-state index in [1.807, 2.05) is 0 Å². The summed E-state index contributed by atoms with van der Waals surface area (Å²) in [7, 11) is 0. The lowest BCUT2D eigenvalue weighted by Crippen LogP contribution is -2.56. The maximum absolute atomic E-state index is 10.7. The molecule has 1 nitrogen and oxygen atoms in total. The van der Waals surface area contributed by atoms with Crippen molar-refractivity contribution in [3.8, 4) is 0 Å². The molecule has 4 aliphatic carbocycles. The smallest absolute Gasteiger partial charge is 0.0622 e. The van der Waals surface area contributed by atoms with E-state index >= 15 is 0 Å². The molecule has 0 aromatic heterocycles. The van der Waals surface area contributed by atoms with E-state index in [-0.39, 0.29) is 0 Å². The second kappa shape index (κ2) is 5.60. The van der Waals surface area contributed by atoms with E-state index in [0.29, 0.717) is 10.8 Å². The van der Waals surface area contributed by atoms with E-state index in [1.165, 1.54) is 51.4 Å². The minimum absolute atomic E-state index is 0.398. The molecule has 136 valence electrons. The van der Waals surface area contributed by atoms with Gasteiger partial charge in [0, 0.05) is 0 Å². The summed E-state index contributed by atoms with van der Waals surface area (Å²) in [5.41, 5.74) is 2.43. The Kier molecular flexibility index (Phi) is 4.00. The van der Waals surface area contributed by atoms with Crippen LogP contribution < -0.4 is 0 Å². The Bertz CT molecular complexity index is 532. The second-order valence-corrected chi connectivity index (χ2v) is 10.2. The first-order chi connectivity index (χ1) is 11.4. The Morgan fingerprint density at radius 2 is 1.83 bits per heavy atom. The first-order valence-electron chi connectivity index (χ1n) is 10.7. The summed E-state index contributed by atoms with van der Waals surface area (Å²) < 4.78 is 0. The van der Waals surface area contributed by atoms with Gasteiger partial charge in [0.1, 0.15) is 0 Å². The standard InChI is InChI=1S/C23H38O/c1-5-16-8-10-19-18-9-7-17-15-21(3,24)13-14-23(17,6-2)20(18)11-12-22(16,19)4/h5,17-20,24H,6-15H2,1-4H3/b16-5-/t17-,18+,19+,20+,21-,22-,23+/m1/s1. The largest absolute Gasteiger partial charge is 0.390 e. The van der Waals surface area contributed by atoms with Gasteiger partial charge in [-0.2, -0.15) is 0 Å². The van der Waals surface area contributed by atoms with E-state index < -0.39 is 5.60 Å². The molecule has 7 atom stereocenters. The van der Waals surface area contributed by atoms with Crippen LogP contribution in [0.5, 0.6) is 0 Å². The molecule has 0 aromatic rings. The van der Waals surface area contributed by atoms with Crippen molar-refractivity contribution in [1.29, 1.82) is 0 Å². The summed E-state index contributed by atoms with van der Waals surface area (Å²) in [6, 6.07) is 0. The van der Waals surface area contributed by atoms with Gasteiger partial charge in [-0.3, -0.25) is 0 Å². The van der Waals surface area contributed by atoms with Crippen molar-refractivity contribution >= 4 is 0 Å². The normalized spacial score (nSPS) is 55.8. The first kappa shape index (κ1) is 17.1. The van der Waals surface area contributed by atoms with Crippen LogP contribution in [0.4, 0.5) is 0 Å². The molecule has 0 heterocycles. The molecule has 0 aliphatic heterocycles. The number of fused-ring (bicyclic) bond motifs is 5. The molecule has 0 saturated heterocycles. The van der Waals surface area contributed by atoms with Gasteiger partial charge < -0.3 is 5.11 Å². The SMILES string of the molecule is C/C=C1/CC[C@H]2[C@@H]3CC[C@@H]4C[C@](C)(O)CC[C@]4(CC)[C@H]3CC[C@]12C. The highest BCUT2D eigenvalue weighted by atomic mass is 16.3. The molecule has 4 saturated carbocycles. The fraction of sp³-hybridized carbons (Fsp3) is 0.913. The van der Waals surface area contributed by atoms with Crippen LogP contribution in [0.3, 0.4) is 0 Å². The Morgan fingerprint density at radius 3 is 2.54 bits per heavy atom. The van der Waals surface area contributed by atoms with Gasteiger partial charge >= 0.3 is 0 Å². The van der Waals surface area contributed by atoms with E-state index in [2.05, 4.69) is 33.8 Å². The fourth-order valence-corrected chi connectivity index (χ4v) is 8.27. The zero-order chi connectivity index (χ0) is 17.2. The molecular weight excluding hydrogens is 292 g/mol. The highest BCUT2D eigenvalue weighted by Crippen LogP contribution is 2.68. The van der Waals surface area contributed by atoms with Crippen LogP contribution in [0.1, 0.15) is 91.9 Å². The number of hydrogen-bond acceptors (Lipinski definition) is 1. The molecule has 0 amide bonds. The lowest BCUT2D eigenvalue weighted by atomic mass is 9.43. The van der Waals surface area contributed by atoms with Crippen molar-refractivity contribution in [1.82, 2.24) is 0 Å². The lowest BCUT2D eigenvalue weighted by molar-refractivity contribution is -0.149. The Hall–Kier alpha value is -0.300. The molecule has 0 spiro atoms. The summed E-state index contributed by atoms with van der Waals surface area (Å²) in [5, 5.41) is 10.7. The van der Waals surface area contributed by atoms with Gasteiger partial charge in [0.25, 0.3) is 0 Å². The van der Waals surface area contributed by atoms with Crippen molar-refractivity contribution in [2.24, 2.45) is 34.5 Å². The molecule has 0 radical (unpaired) electrons. The number of aliphatic hydroxyl groups is 1. The number of allylic oxidation sites excluding steroid dienone is 2. The molecule has 0 bridgehead atoms. The number of hydrogen-bond donors (Lipinski definition) is 1. The first-order valence-corrected chi connectivity index (χ1v) is 10.7. The van der Waals surface area contributed by atoms with Gasteiger partial charge in [-0.15, -0.1) is 0 Å². The summed E-state index contributed by atoms with van der Waals surface area (Å²) >= 11 is 0. The van der Waals surface area contributed by atoms with Crippen LogP contribution in [0, 0.1) is 34.5 Å². The molecule has 0 unspecified atom stereocenters. The Balaban J connectivity index is 1.66. The van der Waals surface area contributed by atoms with Crippen LogP contribution >= 0.6 is 0 Å². The van der Waals surface area contributed by atoms with Crippen LogP contribution in [0.25, 0.3) is 0 Å². The Labute approximate surface area is 149 Å². The van der Waals surface area contributed by atoms with Crippen LogP contribution in [0.2, 0.25) is 0 Å². The topological polar surface area (TPSA) is 20.2 Å².